The molecule has 0 spiro atoms. The Kier molecular flexibility index (Phi) is 2.85. The third-order valence-corrected chi connectivity index (χ3v) is 4.26. The van der Waals surface area contributed by atoms with Gasteiger partial charge in [0.25, 0.3) is 0 Å². The summed E-state index contributed by atoms with van der Waals surface area (Å²) in [6.45, 7) is 4.16. The molecule has 0 amide bonds. The van der Waals surface area contributed by atoms with Crippen LogP contribution in [0, 0.1) is 5.92 Å². The summed E-state index contributed by atoms with van der Waals surface area (Å²) in [5, 5.41) is 4.95. The average molecular weight is 296 g/mol. The summed E-state index contributed by atoms with van der Waals surface area (Å²) in [7, 11) is 0. The lowest BCUT2D eigenvalue weighted by Crippen LogP contribution is -2.07. The van der Waals surface area contributed by atoms with E-state index in [9.17, 15) is 4.79 Å². The number of nitrogens with zero attached hydrogens (tertiary/aromatic N) is 3. The van der Waals surface area contributed by atoms with Gasteiger partial charge in [0, 0.05) is 35.6 Å². The largest absolute Gasteiger partial charge is 0.339 e. The van der Waals surface area contributed by atoms with Gasteiger partial charge in [0.2, 0.25) is 17.3 Å². The molecule has 0 radical (unpaired) electrons. The number of nitrogens with one attached hydrogen (secondary N) is 1. The maximum atomic E-state index is 12.0. The number of hydrogen-bond acceptors (Lipinski definition) is 5. The molecule has 112 valence electrons. The zero-order valence-electron chi connectivity index (χ0n) is 12.5. The van der Waals surface area contributed by atoms with Gasteiger partial charge < -0.3 is 9.51 Å². The highest BCUT2D eigenvalue weighted by Crippen LogP contribution is 2.48. The second-order valence-corrected chi connectivity index (χ2v) is 5.85. The van der Waals surface area contributed by atoms with Crippen LogP contribution in [-0.4, -0.2) is 20.1 Å². The van der Waals surface area contributed by atoms with Crippen LogP contribution in [0.4, 0.5) is 0 Å². The second-order valence-electron chi connectivity index (χ2n) is 5.85. The Bertz CT molecular complexity index is 912. The molecule has 0 bridgehead atoms. The molecule has 0 saturated heterocycles. The highest BCUT2D eigenvalue weighted by atomic mass is 16.5. The third kappa shape index (κ3) is 2.03. The lowest BCUT2D eigenvalue weighted by Gasteiger charge is -2.08. The first-order chi connectivity index (χ1) is 10.7. The van der Waals surface area contributed by atoms with E-state index in [2.05, 4.69) is 27.0 Å². The van der Waals surface area contributed by atoms with Crippen LogP contribution < -0.4 is 5.56 Å². The van der Waals surface area contributed by atoms with Crippen LogP contribution in [-0.2, 0) is 6.42 Å². The normalized spacial score (nSPS) is 20.5. The summed E-state index contributed by atoms with van der Waals surface area (Å²) in [5.74, 6) is 2.07. The summed E-state index contributed by atoms with van der Waals surface area (Å²) in [6.07, 6.45) is 3.53. The molecule has 3 aromatic rings. The van der Waals surface area contributed by atoms with Crippen molar-refractivity contribution in [1.82, 2.24) is 20.1 Å². The van der Waals surface area contributed by atoms with Crippen molar-refractivity contribution in [1.29, 1.82) is 0 Å². The van der Waals surface area contributed by atoms with E-state index in [1.165, 1.54) is 6.07 Å². The Labute approximate surface area is 126 Å². The quantitative estimate of drug-likeness (QED) is 0.803. The molecule has 2 atom stereocenters. The number of rotatable bonds is 3. The molecule has 4 rings (SSSR count). The molecule has 6 heteroatoms. The summed E-state index contributed by atoms with van der Waals surface area (Å²) in [5.41, 5.74) is 2.31. The maximum absolute atomic E-state index is 12.0. The fourth-order valence-corrected chi connectivity index (χ4v) is 2.91. The van der Waals surface area contributed by atoms with Crippen LogP contribution in [0.1, 0.15) is 37.8 Å². The van der Waals surface area contributed by atoms with Crippen LogP contribution >= 0.6 is 0 Å². The summed E-state index contributed by atoms with van der Waals surface area (Å²) >= 11 is 0. The minimum absolute atomic E-state index is 0.175. The minimum atomic E-state index is -0.175. The predicted octanol–water partition coefficient (Wildman–Crippen LogP) is 2.66. The Morgan fingerprint density at radius 1 is 1.45 bits per heavy atom. The summed E-state index contributed by atoms with van der Waals surface area (Å²) < 4.78 is 5.20. The number of aryl methyl sites for hydroxylation is 1. The number of aromatic amines is 1. The zero-order chi connectivity index (χ0) is 15.3. The molecule has 0 aliphatic heterocycles. The predicted molar refractivity (Wildman–Crippen MR) is 81.6 cm³/mol. The van der Waals surface area contributed by atoms with E-state index >= 15 is 0 Å². The Balaban J connectivity index is 2.01. The number of H-pyrrole nitrogens is 1. The SMILES string of the molecule is CCc1nc(-c2cc(=O)[nH]c3ccnc(C4CC4C)c23)no1. The first-order valence-corrected chi connectivity index (χ1v) is 7.52. The van der Waals surface area contributed by atoms with Gasteiger partial charge in [-0.05, 0) is 18.4 Å². The Morgan fingerprint density at radius 2 is 2.27 bits per heavy atom. The molecule has 2 unspecified atom stereocenters. The monoisotopic (exact) mass is 296 g/mol. The van der Waals surface area contributed by atoms with Crippen LogP contribution in [0.15, 0.2) is 27.6 Å². The van der Waals surface area contributed by atoms with Crippen molar-refractivity contribution in [3.05, 3.63) is 40.3 Å². The van der Waals surface area contributed by atoms with Gasteiger partial charge in [-0.25, -0.2) is 0 Å². The van der Waals surface area contributed by atoms with Crippen LogP contribution in [0.2, 0.25) is 0 Å². The van der Waals surface area contributed by atoms with Crippen molar-refractivity contribution in [2.45, 2.75) is 32.6 Å². The molecule has 1 saturated carbocycles. The van der Waals surface area contributed by atoms with E-state index in [0.29, 0.717) is 35.5 Å². The maximum Gasteiger partial charge on any atom is 0.249 e. The Hall–Kier alpha value is -2.50. The second kappa shape index (κ2) is 4.76. The van der Waals surface area contributed by atoms with Crippen molar-refractivity contribution < 1.29 is 4.52 Å². The van der Waals surface area contributed by atoms with E-state index < -0.39 is 0 Å². The molecule has 1 fully saturated rings. The first kappa shape index (κ1) is 13.2. The molecule has 1 aliphatic carbocycles. The molecule has 0 aromatic carbocycles. The molecule has 3 heterocycles. The molecular weight excluding hydrogens is 280 g/mol. The van der Waals surface area contributed by atoms with E-state index in [1.807, 2.05) is 13.0 Å². The van der Waals surface area contributed by atoms with Gasteiger partial charge in [-0.2, -0.15) is 4.98 Å². The number of hydrogen-bond donors (Lipinski definition) is 1. The number of fused-ring (bicyclic) bond motifs is 1. The summed E-state index contributed by atoms with van der Waals surface area (Å²) in [6, 6.07) is 3.35. The topological polar surface area (TPSA) is 84.7 Å². The fraction of sp³-hybridized carbons (Fsp3) is 0.375. The van der Waals surface area contributed by atoms with Gasteiger partial charge in [0.1, 0.15) is 0 Å². The van der Waals surface area contributed by atoms with E-state index in [-0.39, 0.29) is 5.56 Å². The van der Waals surface area contributed by atoms with Crippen molar-refractivity contribution in [3.63, 3.8) is 0 Å². The van der Waals surface area contributed by atoms with Crippen molar-refractivity contribution in [3.8, 4) is 11.4 Å². The number of aromatic nitrogens is 4. The standard InChI is InChI=1S/C16H16N4O2/c1-3-13-19-16(20-22-13)10-7-12(21)18-11-4-5-17-15(14(10)11)9-6-8(9)2/h4-5,7-9H,3,6H2,1-2H3,(H,18,21). The van der Waals surface area contributed by atoms with Gasteiger partial charge in [-0.3, -0.25) is 9.78 Å². The lowest BCUT2D eigenvalue weighted by molar-refractivity contribution is 0.383. The molecule has 1 aliphatic rings. The highest BCUT2D eigenvalue weighted by Gasteiger charge is 2.37. The minimum Gasteiger partial charge on any atom is -0.339 e. The zero-order valence-corrected chi connectivity index (χ0v) is 12.5. The first-order valence-electron chi connectivity index (χ1n) is 7.52. The molecule has 6 nitrogen and oxygen atoms in total. The van der Waals surface area contributed by atoms with Gasteiger partial charge in [0.15, 0.2) is 0 Å². The van der Waals surface area contributed by atoms with Gasteiger partial charge in [0.05, 0.1) is 11.2 Å². The molecule has 1 N–H and O–H groups in total. The fourth-order valence-electron chi connectivity index (χ4n) is 2.91. The van der Waals surface area contributed by atoms with Gasteiger partial charge in [-0.15, -0.1) is 0 Å². The van der Waals surface area contributed by atoms with E-state index in [4.69, 9.17) is 4.52 Å². The third-order valence-electron chi connectivity index (χ3n) is 4.26. The summed E-state index contributed by atoms with van der Waals surface area (Å²) in [4.78, 5) is 23.8. The Morgan fingerprint density at radius 3 is 2.95 bits per heavy atom. The van der Waals surface area contributed by atoms with Crippen molar-refractivity contribution in [2.75, 3.05) is 0 Å². The van der Waals surface area contributed by atoms with Gasteiger partial charge in [-0.1, -0.05) is 19.0 Å². The number of pyridine rings is 2. The molecule has 3 aromatic heterocycles. The smallest absolute Gasteiger partial charge is 0.249 e. The average Bonchev–Trinajstić information content (AvgIpc) is 3.06. The molecule has 22 heavy (non-hydrogen) atoms. The van der Waals surface area contributed by atoms with Gasteiger partial charge >= 0.3 is 0 Å². The molecular formula is C16H16N4O2. The van der Waals surface area contributed by atoms with E-state index in [0.717, 1.165) is 23.0 Å². The van der Waals surface area contributed by atoms with Crippen LogP contribution in [0.25, 0.3) is 22.3 Å². The highest BCUT2D eigenvalue weighted by molar-refractivity contribution is 5.94. The lowest BCUT2D eigenvalue weighted by atomic mass is 10.0. The van der Waals surface area contributed by atoms with Crippen molar-refractivity contribution >= 4 is 10.9 Å². The van der Waals surface area contributed by atoms with Crippen LogP contribution in [0.3, 0.4) is 0 Å². The van der Waals surface area contributed by atoms with Crippen LogP contribution in [0.5, 0.6) is 0 Å². The van der Waals surface area contributed by atoms with E-state index in [1.54, 1.807) is 6.20 Å². The van der Waals surface area contributed by atoms with Crippen molar-refractivity contribution in [2.24, 2.45) is 5.92 Å².